The molecule has 1 saturated heterocycles. The Labute approximate surface area is 179 Å². The number of methoxy groups -OCH3 is 1. The molecule has 1 aliphatic rings. The first-order valence-electron chi connectivity index (χ1n) is 8.01. The number of carbonyl (C=O) groups excluding carboxylic acids is 2. The van der Waals surface area contributed by atoms with Gasteiger partial charge >= 0.3 is 0 Å². The molecule has 2 aromatic rings. The van der Waals surface area contributed by atoms with Gasteiger partial charge in [0, 0.05) is 5.56 Å². The maximum absolute atomic E-state index is 13.8. The van der Waals surface area contributed by atoms with Gasteiger partial charge in [0.05, 0.1) is 10.7 Å². The van der Waals surface area contributed by atoms with Crippen molar-refractivity contribution in [3.8, 4) is 11.5 Å². The highest BCUT2D eigenvalue weighted by molar-refractivity contribution is 14.1. The van der Waals surface area contributed by atoms with Crippen LogP contribution in [0.2, 0.25) is 0 Å². The van der Waals surface area contributed by atoms with E-state index < -0.39 is 11.8 Å². The van der Waals surface area contributed by atoms with Crippen LogP contribution in [0.5, 0.6) is 11.5 Å². The van der Waals surface area contributed by atoms with Crippen molar-refractivity contribution < 1.29 is 23.5 Å². The number of hydrogen-bond acceptors (Lipinski definition) is 5. The van der Waals surface area contributed by atoms with Crippen molar-refractivity contribution in [1.82, 2.24) is 10.6 Å². The smallest absolute Gasteiger partial charge is 0.263 e. The largest absolute Gasteiger partial charge is 0.493 e. The molecule has 0 radical (unpaired) electrons. The molecule has 0 aliphatic carbocycles. The molecule has 28 heavy (non-hydrogen) atoms. The van der Waals surface area contributed by atoms with Crippen LogP contribution in [-0.2, 0) is 16.2 Å². The van der Waals surface area contributed by atoms with Gasteiger partial charge in [0.25, 0.3) is 11.8 Å². The van der Waals surface area contributed by atoms with Crippen LogP contribution in [0.1, 0.15) is 11.1 Å². The fourth-order valence-corrected chi connectivity index (χ4v) is 3.47. The van der Waals surface area contributed by atoms with Crippen molar-refractivity contribution in [2.24, 2.45) is 0 Å². The van der Waals surface area contributed by atoms with Gasteiger partial charge in [0.2, 0.25) is 0 Å². The van der Waals surface area contributed by atoms with Crippen LogP contribution in [0, 0.1) is 9.39 Å². The fourth-order valence-electron chi connectivity index (χ4n) is 2.50. The minimum absolute atomic E-state index is 0.0295. The number of thiocarbonyl (C=S) groups is 1. The fraction of sp³-hybridized carbons (Fsp3) is 0.105. The highest BCUT2D eigenvalue weighted by atomic mass is 127. The van der Waals surface area contributed by atoms with Crippen LogP contribution in [0.25, 0.3) is 6.08 Å². The Bertz CT molecular complexity index is 987. The number of benzene rings is 2. The second kappa shape index (κ2) is 8.65. The Morgan fingerprint density at radius 3 is 2.50 bits per heavy atom. The van der Waals surface area contributed by atoms with Gasteiger partial charge in [0.15, 0.2) is 16.6 Å². The molecule has 0 spiro atoms. The van der Waals surface area contributed by atoms with E-state index in [1.165, 1.54) is 19.3 Å². The van der Waals surface area contributed by atoms with Crippen molar-refractivity contribution in [3.63, 3.8) is 0 Å². The quantitative estimate of drug-likeness (QED) is 0.279. The molecule has 0 atom stereocenters. The molecule has 0 unspecified atom stereocenters. The predicted molar refractivity (Wildman–Crippen MR) is 113 cm³/mol. The first kappa shape index (κ1) is 20.2. The Hall–Kier alpha value is -2.53. The summed E-state index contributed by atoms with van der Waals surface area (Å²) in [5, 5.41) is 4.72. The maximum Gasteiger partial charge on any atom is 0.263 e. The Kier molecular flexibility index (Phi) is 6.25. The molecular weight excluding hydrogens is 498 g/mol. The highest BCUT2D eigenvalue weighted by Crippen LogP contribution is 2.35. The number of hydrogen-bond donors (Lipinski definition) is 2. The number of ether oxygens (including phenoxy) is 2. The summed E-state index contributed by atoms with van der Waals surface area (Å²) >= 11 is 6.82. The van der Waals surface area contributed by atoms with E-state index in [1.807, 2.05) is 22.6 Å². The lowest BCUT2D eigenvalue weighted by atomic mass is 10.1. The van der Waals surface area contributed by atoms with Crippen LogP contribution in [0.15, 0.2) is 42.0 Å². The summed E-state index contributed by atoms with van der Waals surface area (Å²) in [5.41, 5.74) is 0.900. The third kappa shape index (κ3) is 4.47. The first-order valence-corrected chi connectivity index (χ1v) is 9.50. The van der Waals surface area contributed by atoms with E-state index in [9.17, 15) is 14.0 Å². The lowest BCUT2D eigenvalue weighted by Crippen LogP contribution is -2.51. The van der Waals surface area contributed by atoms with Gasteiger partial charge in [-0.15, -0.1) is 0 Å². The van der Waals surface area contributed by atoms with Gasteiger partial charge in [-0.05, 0) is 64.6 Å². The van der Waals surface area contributed by atoms with Crippen LogP contribution < -0.4 is 20.1 Å². The summed E-state index contributed by atoms with van der Waals surface area (Å²) < 4.78 is 25.6. The molecule has 2 amide bonds. The minimum atomic E-state index is -0.581. The van der Waals surface area contributed by atoms with Crippen molar-refractivity contribution in [2.75, 3.05) is 7.11 Å². The van der Waals surface area contributed by atoms with E-state index in [4.69, 9.17) is 21.7 Å². The van der Waals surface area contributed by atoms with Crippen LogP contribution in [0.4, 0.5) is 4.39 Å². The van der Waals surface area contributed by atoms with E-state index in [0.717, 1.165) is 0 Å². The van der Waals surface area contributed by atoms with E-state index in [0.29, 0.717) is 26.2 Å². The molecule has 1 aliphatic heterocycles. The minimum Gasteiger partial charge on any atom is -0.493 e. The average molecular weight is 512 g/mol. The number of amides is 2. The van der Waals surface area contributed by atoms with Crippen LogP contribution >= 0.6 is 34.8 Å². The maximum atomic E-state index is 13.8. The molecule has 1 fully saturated rings. The van der Waals surface area contributed by atoms with Crippen LogP contribution in [-0.4, -0.2) is 24.0 Å². The zero-order valence-electron chi connectivity index (χ0n) is 14.5. The summed E-state index contributed by atoms with van der Waals surface area (Å²) in [4.78, 5) is 24.0. The first-order chi connectivity index (χ1) is 13.4. The summed E-state index contributed by atoms with van der Waals surface area (Å²) in [5.74, 6) is -0.690. The Morgan fingerprint density at radius 1 is 1.18 bits per heavy atom. The molecule has 1 heterocycles. The Morgan fingerprint density at radius 2 is 1.86 bits per heavy atom. The zero-order chi connectivity index (χ0) is 20.3. The van der Waals surface area contributed by atoms with Gasteiger partial charge in [-0.1, -0.05) is 18.2 Å². The number of carbonyl (C=O) groups is 2. The normalized spacial score (nSPS) is 13.7. The third-order valence-electron chi connectivity index (χ3n) is 3.84. The average Bonchev–Trinajstić information content (AvgIpc) is 2.64. The second-order valence-corrected chi connectivity index (χ2v) is 7.28. The molecule has 3 rings (SSSR count). The van der Waals surface area contributed by atoms with Crippen molar-refractivity contribution >= 4 is 57.8 Å². The summed E-state index contributed by atoms with van der Waals surface area (Å²) in [6.45, 7) is 0.0295. The van der Waals surface area contributed by atoms with Gasteiger partial charge in [-0.3, -0.25) is 20.2 Å². The topological polar surface area (TPSA) is 76.7 Å². The summed E-state index contributed by atoms with van der Waals surface area (Å²) in [6, 6.07) is 9.68. The molecular formula is C19H14FIN2O4S. The van der Waals surface area contributed by atoms with Gasteiger partial charge < -0.3 is 9.47 Å². The van der Waals surface area contributed by atoms with Gasteiger partial charge in [0.1, 0.15) is 18.0 Å². The monoisotopic (exact) mass is 512 g/mol. The SMILES string of the molecule is COc1cc(C=C2C(=O)NC(=S)NC2=O)cc(I)c1OCc1ccccc1F. The number of rotatable bonds is 5. The standard InChI is InChI=1S/C19H14FIN2O4S/c1-26-15-8-10(6-12-17(24)22-19(28)23-18(12)25)7-14(21)16(15)27-9-11-4-2-3-5-13(11)20/h2-8H,9H2,1H3,(H2,22,23,24,25,28). The Balaban J connectivity index is 1.88. The zero-order valence-corrected chi connectivity index (χ0v) is 17.5. The molecule has 144 valence electrons. The molecule has 0 bridgehead atoms. The second-order valence-electron chi connectivity index (χ2n) is 5.71. The molecule has 6 nitrogen and oxygen atoms in total. The van der Waals surface area contributed by atoms with E-state index in [2.05, 4.69) is 10.6 Å². The van der Waals surface area contributed by atoms with Crippen LogP contribution in [0.3, 0.4) is 0 Å². The molecule has 0 saturated carbocycles. The van der Waals surface area contributed by atoms with Crippen molar-refractivity contribution in [1.29, 1.82) is 0 Å². The third-order valence-corrected chi connectivity index (χ3v) is 4.84. The van der Waals surface area contributed by atoms with E-state index in [1.54, 1.807) is 30.3 Å². The lowest BCUT2D eigenvalue weighted by Gasteiger charge is -2.17. The van der Waals surface area contributed by atoms with Gasteiger partial charge in [-0.25, -0.2) is 4.39 Å². The molecule has 0 aromatic heterocycles. The van der Waals surface area contributed by atoms with E-state index in [-0.39, 0.29) is 23.1 Å². The molecule has 2 aromatic carbocycles. The summed E-state index contributed by atoms with van der Waals surface area (Å²) in [6.07, 6.45) is 1.43. The number of halogens is 2. The van der Waals surface area contributed by atoms with E-state index >= 15 is 0 Å². The van der Waals surface area contributed by atoms with Crippen molar-refractivity contribution in [2.45, 2.75) is 6.61 Å². The van der Waals surface area contributed by atoms with Crippen molar-refractivity contribution in [3.05, 3.63) is 62.5 Å². The van der Waals surface area contributed by atoms with Gasteiger partial charge in [-0.2, -0.15) is 0 Å². The number of nitrogens with one attached hydrogen (secondary N) is 2. The summed E-state index contributed by atoms with van der Waals surface area (Å²) in [7, 11) is 1.47. The molecule has 9 heteroatoms. The highest BCUT2D eigenvalue weighted by Gasteiger charge is 2.26. The lowest BCUT2D eigenvalue weighted by molar-refractivity contribution is -0.123. The molecule has 2 N–H and O–H groups in total. The predicted octanol–water partition coefficient (Wildman–Crippen LogP) is 2.93.